The molecule has 0 aliphatic rings. The molecule has 3 nitrogen and oxygen atoms in total. The normalized spacial score (nSPS) is 14.0. The standard InChI is InChI=1S/C24H19F8NO2/c1-3-4-5-8-16(2)35-20-12-7-11-19(14-20)33(15-21(34)23(27,28)29)18-10-6-9-17(13-18)22(25,26)24(30,31)32/h1,4-14,21,34H,15H2,2H3/b5-4-,16-8+/t21-/m1/s1. The molecule has 2 aromatic carbocycles. The maximum absolute atomic E-state index is 13.9. The first-order valence-corrected chi connectivity index (χ1v) is 9.81. The fourth-order valence-electron chi connectivity index (χ4n) is 2.84. The summed E-state index contributed by atoms with van der Waals surface area (Å²) in [6, 6.07) is 8.15. The molecule has 0 heterocycles. The largest absolute Gasteiger partial charge is 0.462 e. The van der Waals surface area contributed by atoms with E-state index < -0.39 is 42.2 Å². The summed E-state index contributed by atoms with van der Waals surface area (Å²) in [6.07, 6.45) is -4.47. The number of aliphatic hydroxyl groups is 1. The molecule has 11 heteroatoms. The van der Waals surface area contributed by atoms with Crippen molar-refractivity contribution >= 4 is 11.4 Å². The highest BCUT2D eigenvalue weighted by molar-refractivity contribution is 5.65. The predicted octanol–water partition coefficient (Wildman–Crippen LogP) is 6.87. The van der Waals surface area contributed by atoms with Crippen LogP contribution >= 0.6 is 0 Å². The molecule has 0 unspecified atom stereocenters. The van der Waals surface area contributed by atoms with E-state index in [9.17, 15) is 40.2 Å². The molecule has 188 valence electrons. The van der Waals surface area contributed by atoms with Gasteiger partial charge in [-0.05, 0) is 43.3 Å². The third kappa shape index (κ3) is 7.23. The summed E-state index contributed by atoms with van der Waals surface area (Å²) in [7, 11) is 0. The second-order valence-electron chi connectivity index (χ2n) is 7.19. The van der Waals surface area contributed by atoms with Gasteiger partial charge in [-0.2, -0.15) is 35.1 Å². The van der Waals surface area contributed by atoms with Gasteiger partial charge in [0.05, 0.1) is 6.54 Å². The van der Waals surface area contributed by atoms with E-state index in [2.05, 4.69) is 5.92 Å². The summed E-state index contributed by atoms with van der Waals surface area (Å²) in [6.45, 7) is 0.370. The minimum atomic E-state index is -5.92. The van der Waals surface area contributed by atoms with Gasteiger partial charge in [0.25, 0.3) is 0 Å². The van der Waals surface area contributed by atoms with E-state index in [1.165, 1.54) is 42.5 Å². The van der Waals surface area contributed by atoms with E-state index >= 15 is 0 Å². The highest BCUT2D eigenvalue weighted by atomic mass is 19.4. The van der Waals surface area contributed by atoms with Crippen LogP contribution in [0.3, 0.4) is 0 Å². The van der Waals surface area contributed by atoms with E-state index in [0.717, 1.165) is 17.0 Å². The first-order chi connectivity index (χ1) is 16.2. The number of alkyl halides is 8. The number of hydrogen-bond acceptors (Lipinski definition) is 3. The number of halogens is 8. The van der Waals surface area contributed by atoms with Crippen molar-refractivity contribution in [3.8, 4) is 18.1 Å². The summed E-state index contributed by atoms with van der Waals surface area (Å²) in [5.41, 5.74) is -1.97. The third-order valence-electron chi connectivity index (χ3n) is 4.54. The lowest BCUT2D eigenvalue weighted by Gasteiger charge is -2.30. The van der Waals surface area contributed by atoms with Crippen LogP contribution in [0.2, 0.25) is 0 Å². The Morgan fingerprint density at radius 3 is 2.20 bits per heavy atom. The Morgan fingerprint density at radius 1 is 1.03 bits per heavy atom. The third-order valence-corrected chi connectivity index (χ3v) is 4.54. The maximum Gasteiger partial charge on any atom is 0.458 e. The Morgan fingerprint density at radius 2 is 1.63 bits per heavy atom. The van der Waals surface area contributed by atoms with Crippen molar-refractivity contribution in [1.29, 1.82) is 0 Å². The molecule has 0 spiro atoms. The van der Waals surface area contributed by atoms with Gasteiger partial charge in [-0.1, -0.05) is 30.2 Å². The van der Waals surface area contributed by atoms with Gasteiger partial charge in [-0.25, -0.2) is 0 Å². The van der Waals surface area contributed by atoms with Crippen molar-refractivity contribution in [2.24, 2.45) is 0 Å². The number of nitrogens with zero attached hydrogens (tertiary/aromatic N) is 1. The Kier molecular flexibility index (Phi) is 8.57. The minimum absolute atomic E-state index is 0.0646. The van der Waals surface area contributed by atoms with E-state index in [4.69, 9.17) is 11.2 Å². The second kappa shape index (κ2) is 10.8. The number of benzene rings is 2. The van der Waals surface area contributed by atoms with E-state index in [1.807, 2.05) is 0 Å². The van der Waals surface area contributed by atoms with Crippen LogP contribution in [0.5, 0.6) is 5.75 Å². The number of hydrogen-bond donors (Lipinski definition) is 1. The summed E-state index contributed by atoms with van der Waals surface area (Å²) in [5.74, 6) is -2.54. The van der Waals surface area contributed by atoms with Crippen LogP contribution in [-0.2, 0) is 5.92 Å². The highest BCUT2D eigenvalue weighted by Gasteiger charge is 2.58. The first kappa shape index (κ1) is 27.7. The second-order valence-corrected chi connectivity index (χ2v) is 7.19. The molecular formula is C24H19F8NO2. The van der Waals surface area contributed by atoms with Crippen molar-refractivity contribution in [3.63, 3.8) is 0 Å². The van der Waals surface area contributed by atoms with Crippen LogP contribution in [-0.4, -0.2) is 30.1 Å². The Bertz CT molecular complexity index is 1110. The van der Waals surface area contributed by atoms with Crippen LogP contribution in [0.15, 0.2) is 72.5 Å². The number of allylic oxidation sites excluding steroid dienone is 4. The summed E-state index contributed by atoms with van der Waals surface area (Å²) in [4.78, 5) is 0.762. The Labute approximate surface area is 195 Å². The lowest BCUT2D eigenvalue weighted by Crippen LogP contribution is -2.39. The zero-order valence-corrected chi connectivity index (χ0v) is 18.0. The summed E-state index contributed by atoms with van der Waals surface area (Å²) in [5, 5.41) is 9.61. The predicted molar refractivity (Wildman–Crippen MR) is 114 cm³/mol. The van der Waals surface area contributed by atoms with Crippen molar-refractivity contribution in [3.05, 3.63) is 78.1 Å². The molecule has 0 saturated carbocycles. The van der Waals surface area contributed by atoms with Gasteiger partial charge in [-0.3, -0.25) is 0 Å². The fourth-order valence-corrected chi connectivity index (χ4v) is 2.84. The van der Waals surface area contributed by atoms with E-state index in [-0.39, 0.29) is 11.4 Å². The van der Waals surface area contributed by atoms with Gasteiger partial charge in [0, 0.05) is 23.0 Å². The monoisotopic (exact) mass is 505 g/mol. The summed E-state index contributed by atoms with van der Waals surface area (Å²) < 4.78 is 111. The molecule has 0 aliphatic carbocycles. The van der Waals surface area contributed by atoms with Crippen molar-refractivity contribution in [2.45, 2.75) is 31.3 Å². The molecule has 0 saturated heterocycles. The molecule has 35 heavy (non-hydrogen) atoms. The summed E-state index contributed by atoms with van der Waals surface area (Å²) >= 11 is 0. The fraction of sp³-hybridized carbons (Fsp3) is 0.250. The Hall–Kier alpha value is -3.52. The van der Waals surface area contributed by atoms with Crippen LogP contribution in [0.4, 0.5) is 46.5 Å². The highest BCUT2D eigenvalue weighted by Crippen LogP contribution is 2.45. The smallest absolute Gasteiger partial charge is 0.458 e. The van der Waals surface area contributed by atoms with E-state index in [0.29, 0.717) is 17.9 Å². The molecule has 1 N–H and O–H groups in total. The first-order valence-electron chi connectivity index (χ1n) is 9.81. The molecular weight excluding hydrogens is 486 g/mol. The van der Waals surface area contributed by atoms with Gasteiger partial charge in [0.1, 0.15) is 11.5 Å². The van der Waals surface area contributed by atoms with Gasteiger partial charge in [-0.15, -0.1) is 6.42 Å². The number of anilines is 2. The zero-order chi connectivity index (χ0) is 26.4. The quantitative estimate of drug-likeness (QED) is 0.184. The topological polar surface area (TPSA) is 32.7 Å². The van der Waals surface area contributed by atoms with Crippen LogP contribution in [0, 0.1) is 12.3 Å². The molecule has 2 aromatic rings. The van der Waals surface area contributed by atoms with E-state index in [1.54, 1.807) is 6.92 Å². The van der Waals surface area contributed by atoms with Crippen LogP contribution in [0.25, 0.3) is 0 Å². The molecule has 0 aromatic heterocycles. The van der Waals surface area contributed by atoms with Crippen molar-refractivity contribution in [1.82, 2.24) is 0 Å². The minimum Gasteiger partial charge on any atom is -0.462 e. The average Bonchev–Trinajstić information content (AvgIpc) is 2.76. The SMILES string of the molecule is C#C/C=C\C=C(/C)Oc1cccc(N(C[C@@H](O)C(F)(F)F)c2cccc(C(F)(F)C(F)(F)F)c2)c1. The lowest BCUT2D eigenvalue weighted by atomic mass is 10.1. The van der Waals surface area contributed by atoms with Crippen molar-refractivity contribution < 1.29 is 45.0 Å². The average molecular weight is 505 g/mol. The molecule has 2 rings (SSSR count). The van der Waals surface area contributed by atoms with Gasteiger partial charge in [0.2, 0.25) is 0 Å². The maximum atomic E-state index is 13.9. The van der Waals surface area contributed by atoms with Gasteiger partial charge in [0.15, 0.2) is 6.10 Å². The molecule has 0 fully saturated rings. The number of rotatable bonds is 8. The molecule has 1 atom stereocenters. The van der Waals surface area contributed by atoms with Gasteiger partial charge < -0.3 is 14.7 Å². The number of aliphatic hydroxyl groups excluding tert-OH is 1. The molecule has 0 radical (unpaired) electrons. The van der Waals surface area contributed by atoms with Crippen LogP contribution in [0.1, 0.15) is 12.5 Å². The zero-order valence-electron chi connectivity index (χ0n) is 18.0. The van der Waals surface area contributed by atoms with Crippen molar-refractivity contribution in [2.75, 3.05) is 11.4 Å². The van der Waals surface area contributed by atoms with Crippen LogP contribution < -0.4 is 9.64 Å². The molecule has 0 aliphatic heterocycles. The lowest BCUT2D eigenvalue weighted by molar-refractivity contribution is -0.289. The molecule has 0 bridgehead atoms. The Balaban J connectivity index is 2.53. The molecule has 0 amide bonds. The van der Waals surface area contributed by atoms with Gasteiger partial charge >= 0.3 is 18.3 Å². The number of terminal acetylenes is 1. The number of ether oxygens (including phenoxy) is 1.